The Balaban J connectivity index is 1.70. The number of nitrogens with zero attached hydrogens (tertiary/aromatic N) is 1. The minimum atomic E-state index is -0.667. The first-order valence-electron chi connectivity index (χ1n) is 9.91. The zero-order chi connectivity index (χ0) is 22.6. The van der Waals surface area contributed by atoms with E-state index in [1.54, 1.807) is 11.0 Å². The number of aryl methyl sites for hydroxylation is 1. The average molecular weight is 443 g/mol. The Hall–Kier alpha value is -3.00. The van der Waals surface area contributed by atoms with E-state index in [0.29, 0.717) is 11.3 Å². The number of methoxy groups -OCH3 is 1. The number of hydrogen-bond donors (Lipinski definition) is 1. The number of nitrogens with one attached hydrogen (secondary N) is 1. The van der Waals surface area contributed by atoms with Crippen molar-refractivity contribution in [3.8, 4) is 0 Å². The van der Waals surface area contributed by atoms with Crippen LogP contribution < -0.4 is 10.2 Å². The van der Waals surface area contributed by atoms with Crippen molar-refractivity contribution < 1.29 is 23.9 Å². The molecular weight excluding hydrogens is 416 g/mol. The second-order valence-corrected chi connectivity index (χ2v) is 9.35. The number of carbonyl (C=O) groups is 3. The van der Waals surface area contributed by atoms with Gasteiger partial charge in [0.05, 0.1) is 23.1 Å². The molecule has 0 fully saturated rings. The Morgan fingerprint density at radius 3 is 2.55 bits per heavy atom. The summed E-state index contributed by atoms with van der Waals surface area (Å²) in [5, 5.41) is 2.69. The number of rotatable bonds is 6. The van der Waals surface area contributed by atoms with Crippen molar-refractivity contribution in [3.05, 3.63) is 59.2 Å². The first-order valence-corrected chi connectivity index (χ1v) is 10.7. The van der Waals surface area contributed by atoms with Crippen LogP contribution in [0, 0.1) is 6.92 Å². The van der Waals surface area contributed by atoms with Gasteiger partial charge in [0.15, 0.2) is 0 Å². The predicted octanol–water partition coefficient (Wildman–Crippen LogP) is 3.93. The molecule has 1 N–H and O–H groups in total. The summed E-state index contributed by atoms with van der Waals surface area (Å²) >= 11 is 1.46. The topological polar surface area (TPSA) is 84.9 Å². The van der Waals surface area contributed by atoms with Crippen LogP contribution in [-0.4, -0.2) is 42.9 Å². The molecule has 0 saturated heterocycles. The van der Waals surface area contributed by atoms with E-state index in [-0.39, 0.29) is 25.6 Å². The maximum absolute atomic E-state index is 13.1. The predicted molar refractivity (Wildman–Crippen MR) is 119 cm³/mol. The van der Waals surface area contributed by atoms with Crippen LogP contribution in [0.4, 0.5) is 10.5 Å². The Bertz CT molecular complexity index is 991. The molecule has 2 aromatic rings. The zero-order valence-corrected chi connectivity index (χ0v) is 18.9. The highest BCUT2D eigenvalue weighted by Crippen LogP contribution is 2.46. The van der Waals surface area contributed by atoms with Crippen LogP contribution in [0.25, 0.3) is 0 Å². The fourth-order valence-electron chi connectivity index (χ4n) is 3.31. The molecule has 8 heteroatoms. The molecule has 2 amide bonds. The minimum Gasteiger partial charge on any atom is -0.465 e. The van der Waals surface area contributed by atoms with Gasteiger partial charge in [-0.1, -0.05) is 30.3 Å². The van der Waals surface area contributed by atoms with Crippen LogP contribution in [0.1, 0.15) is 35.3 Å². The number of thioether (sulfide) groups is 1. The third-order valence-electron chi connectivity index (χ3n) is 4.94. The molecule has 1 aliphatic heterocycles. The molecule has 0 spiro atoms. The molecule has 0 bridgehead atoms. The lowest BCUT2D eigenvalue weighted by atomic mass is 10.1. The zero-order valence-electron chi connectivity index (χ0n) is 18.1. The maximum atomic E-state index is 13.1. The lowest BCUT2D eigenvalue weighted by Crippen LogP contribution is -2.49. The van der Waals surface area contributed by atoms with Crippen LogP contribution in [-0.2, 0) is 20.9 Å². The Morgan fingerprint density at radius 1 is 1.16 bits per heavy atom. The summed E-state index contributed by atoms with van der Waals surface area (Å²) in [6.07, 6.45) is -0.554. The van der Waals surface area contributed by atoms with Gasteiger partial charge in [-0.3, -0.25) is 4.79 Å². The van der Waals surface area contributed by atoms with Crippen LogP contribution >= 0.6 is 11.8 Å². The van der Waals surface area contributed by atoms with Gasteiger partial charge in [-0.05, 0) is 44.0 Å². The van der Waals surface area contributed by atoms with Crippen LogP contribution in [0.5, 0.6) is 0 Å². The van der Waals surface area contributed by atoms with Crippen molar-refractivity contribution in [1.29, 1.82) is 0 Å². The molecule has 0 atom stereocenters. The summed E-state index contributed by atoms with van der Waals surface area (Å²) in [6.45, 7) is 6.19. The van der Waals surface area contributed by atoms with E-state index in [9.17, 15) is 14.4 Å². The molecule has 7 nitrogen and oxygen atoms in total. The highest BCUT2D eigenvalue weighted by Gasteiger charge is 2.40. The van der Waals surface area contributed by atoms with Crippen molar-refractivity contribution in [2.24, 2.45) is 0 Å². The summed E-state index contributed by atoms with van der Waals surface area (Å²) in [4.78, 5) is 39.7. The van der Waals surface area contributed by atoms with E-state index >= 15 is 0 Å². The van der Waals surface area contributed by atoms with Gasteiger partial charge < -0.3 is 19.7 Å². The van der Waals surface area contributed by atoms with E-state index in [0.717, 1.165) is 16.0 Å². The summed E-state index contributed by atoms with van der Waals surface area (Å²) in [6, 6.07) is 13.0. The van der Waals surface area contributed by atoms with Gasteiger partial charge in [-0.15, -0.1) is 11.8 Å². The molecule has 0 radical (unpaired) electrons. The van der Waals surface area contributed by atoms with E-state index in [1.807, 2.05) is 57.2 Å². The molecule has 164 valence electrons. The number of benzene rings is 2. The van der Waals surface area contributed by atoms with Crippen molar-refractivity contribution in [3.63, 3.8) is 0 Å². The van der Waals surface area contributed by atoms with Gasteiger partial charge >= 0.3 is 12.1 Å². The average Bonchev–Trinajstić information content (AvgIpc) is 2.74. The van der Waals surface area contributed by atoms with Gasteiger partial charge in [-0.25, -0.2) is 9.59 Å². The number of fused-ring (bicyclic) bond motifs is 1. The number of carbonyl (C=O) groups excluding carboxylic acids is 3. The molecule has 0 unspecified atom stereocenters. The molecule has 1 heterocycles. The number of amides is 2. The Labute approximate surface area is 186 Å². The van der Waals surface area contributed by atoms with Crippen molar-refractivity contribution >= 4 is 35.4 Å². The van der Waals surface area contributed by atoms with Crippen molar-refractivity contribution in [2.45, 2.75) is 37.0 Å². The second kappa shape index (κ2) is 9.43. The Morgan fingerprint density at radius 2 is 1.87 bits per heavy atom. The first kappa shape index (κ1) is 22.7. The molecule has 0 aliphatic carbocycles. The SMILES string of the molecule is COC(=O)c1cc2c(cc1C)SC(C)(C)C(=O)N2CCNC(=O)OCc1ccccc1. The second-order valence-electron chi connectivity index (χ2n) is 7.68. The largest absolute Gasteiger partial charge is 0.465 e. The molecule has 3 rings (SSSR count). The van der Waals surface area contributed by atoms with Gasteiger partial charge in [0.2, 0.25) is 5.91 Å². The van der Waals surface area contributed by atoms with Gasteiger partial charge in [0.1, 0.15) is 6.61 Å². The van der Waals surface area contributed by atoms with E-state index < -0.39 is 16.8 Å². The van der Waals surface area contributed by atoms with Crippen molar-refractivity contribution in [2.75, 3.05) is 25.1 Å². The standard InChI is InChI=1S/C23H26N2O5S/c1-15-12-19-18(13-17(15)20(26)29-4)25(21(27)23(2,3)31-19)11-10-24-22(28)30-14-16-8-6-5-7-9-16/h5-9,12-13H,10-11,14H2,1-4H3,(H,24,28). The summed E-state index contributed by atoms with van der Waals surface area (Å²) in [7, 11) is 1.33. The lowest BCUT2D eigenvalue weighted by Gasteiger charge is -2.38. The number of alkyl carbamates (subject to hydrolysis) is 1. The molecular formula is C23H26N2O5S. The molecule has 0 saturated carbocycles. The number of ether oxygens (including phenoxy) is 2. The molecule has 2 aromatic carbocycles. The van der Waals surface area contributed by atoms with E-state index in [2.05, 4.69) is 5.32 Å². The van der Waals surface area contributed by atoms with Crippen LogP contribution in [0.3, 0.4) is 0 Å². The summed E-state index contributed by atoms with van der Waals surface area (Å²) < 4.78 is 9.41. The summed E-state index contributed by atoms with van der Waals surface area (Å²) in [5.74, 6) is -0.547. The van der Waals surface area contributed by atoms with Crippen molar-refractivity contribution in [1.82, 2.24) is 5.32 Å². The molecule has 0 aromatic heterocycles. The quantitative estimate of drug-likeness (QED) is 0.683. The fraction of sp³-hybridized carbons (Fsp3) is 0.348. The van der Waals surface area contributed by atoms with Crippen LogP contribution in [0.2, 0.25) is 0 Å². The third-order valence-corrected chi connectivity index (χ3v) is 6.18. The third kappa shape index (κ3) is 5.19. The van der Waals surface area contributed by atoms with Gasteiger partial charge in [-0.2, -0.15) is 0 Å². The number of anilines is 1. The normalized spacial score (nSPS) is 14.6. The lowest BCUT2D eigenvalue weighted by molar-refractivity contribution is -0.120. The van der Waals surface area contributed by atoms with E-state index in [4.69, 9.17) is 9.47 Å². The highest BCUT2D eigenvalue weighted by molar-refractivity contribution is 8.01. The number of hydrogen-bond acceptors (Lipinski definition) is 6. The fourth-order valence-corrected chi connectivity index (χ4v) is 4.57. The smallest absolute Gasteiger partial charge is 0.407 e. The first-order chi connectivity index (χ1) is 14.7. The van der Waals surface area contributed by atoms with Gasteiger partial charge in [0.25, 0.3) is 0 Å². The molecule has 31 heavy (non-hydrogen) atoms. The molecule has 1 aliphatic rings. The van der Waals surface area contributed by atoms with E-state index in [1.165, 1.54) is 18.9 Å². The van der Waals surface area contributed by atoms with Gasteiger partial charge in [0, 0.05) is 18.0 Å². The number of esters is 1. The Kier molecular flexibility index (Phi) is 6.90. The highest BCUT2D eigenvalue weighted by atomic mass is 32.2. The van der Waals surface area contributed by atoms with Crippen LogP contribution in [0.15, 0.2) is 47.4 Å². The monoisotopic (exact) mass is 442 g/mol. The maximum Gasteiger partial charge on any atom is 0.407 e. The minimum absolute atomic E-state index is 0.0934. The summed E-state index contributed by atoms with van der Waals surface area (Å²) in [5.41, 5.74) is 2.72.